The highest BCUT2D eigenvalue weighted by Gasteiger charge is 2.31. The zero-order valence-electron chi connectivity index (χ0n) is 13.3. The van der Waals surface area contributed by atoms with Gasteiger partial charge in [-0.2, -0.15) is 0 Å². The Kier molecular flexibility index (Phi) is 6.20. The third-order valence-electron chi connectivity index (χ3n) is 5.16. The topological polar surface area (TPSA) is 0 Å². The minimum absolute atomic E-state index is 0.380. The van der Waals surface area contributed by atoms with Gasteiger partial charge in [-0.1, -0.05) is 51.5 Å². The molecule has 0 aromatic heterocycles. The van der Waals surface area contributed by atoms with Crippen LogP contribution in [0.2, 0.25) is 0 Å². The van der Waals surface area contributed by atoms with Gasteiger partial charge < -0.3 is 0 Å². The second-order valence-electron chi connectivity index (χ2n) is 6.75. The third kappa shape index (κ3) is 4.79. The summed E-state index contributed by atoms with van der Waals surface area (Å²) in [7, 11) is 0. The fraction of sp³-hybridized carbons (Fsp3) is 0.684. The van der Waals surface area contributed by atoms with Gasteiger partial charge in [0.25, 0.3) is 0 Å². The van der Waals surface area contributed by atoms with Crippen LogP contribution in [0.15, 0.2) is 18.2 Å². The van der Waals surface area contributed by atoms with E-state index in [2.05, 4.69) is 6.92 Å². The van der Waals surface area contributed by atoms with Crippen molar-refractivity contribution < 1.29 is 8.78 Å². The highest BCUT2D eigenvalue weighted by Crippen LogP contribution is 2.44. The van der Waals surface area contributed by atoms with Gasteiger partial charge in [-0.15, -0.1) is 0 Å². The van der Waals surface area contributed by atoms with Crippen LogP contribution in [0, 0.1) is 17.0 Å². The van der Waals surface area contributed by atoms with E-state index in [1.54, 1.807) is 6.07 Å². The summed E-state index contributed by atoms with van der Waals surface area (Å²) in [6.07, 6.45) is 13.5. The van der Waals surface area contributed by atoms with Crippen molar-refractivity contribution in [1.82, 2.24) is 0 Å². The van der Waals surface area contributed by atoms with Gasteiger partial charge in [0, 0.05) is 6.07 Å². The summed E-state index contributed by atoms with van der Waals surface area (Å²) in [5.41, 5.74) is 1.09. The van der Waals surface area contributed by atoms with E-state index in [0.717, 1.165) is 18.9 Å². The molecule has 0 aliphatic heterocycles. The summed E-state index contributed by atoms with van der Waals surface area (Å²) in [5.74, 6) is -0.860. The van der Waals surface area contributed by atoms with E-state index in [1.807, 2.05) is 0 Å². The fourth-order valence-corrected chi connectivity index (χ4v) is 3.80. The van der Waals surface area contributed by atoms with Crippen molar-refractivity contribution >= 4 is 0 Å². The highest BCUT2D eigenvalue weighted by atomic mass is 19.1. The number of rotatable bonds is 7. The van der Waals surface area contributed by atoms with Gasteiger partial charge in [0.1, 0.15) is 11.6 Å². The summed E-state index contributed by atoms with van der Waals surface area (Å²) in [4.78, 5) is 0. The number of unbranched alkanes of at least 4 members (excludes halogenated alkanes) is 2. The summed E-state index contributed by atoms with van der Waals surface area (Å²) < 4.78 is 26.8. The Morgan fingerprint density at radius 1 is 1.00 bits per heavy atom. The Morgan fingerprint density at radius 2 is 1.76 bits per heavy atom. The van der Waals surface area contributed by atoms with Gasteiger partial charge in [-0.05, 0) is 49.1 Å². The van der Waals surface area contributed by atoms with Crippen molar-refractivity contribution in [3.8, 4) is 0 Å². The smallest absolute Gasteiger partial charge is 0.129 e. The van der Waals surface area contributed by atoms with Crippen LogP contribution in [-0.4, -0.2) is 0 Å². The number of halogens is 2. The number of hydrogen-bond donors (Lipinski definition) is 0. The molecule has 0 atom stereocenters. The van der Waals surface area contributed by atoms with Crippen molar-refractivity contribution in [1.29, 1.82) is 0 Å². The quantitative estimate of drug-likeness (QED) is 0.508. The molecule has 1 aliphatic carbocycles. The monoisotopic (exact) mass is 294 g/mol. The molecule has 0 N–H and O–H groups in total. The first-order valence-corrected chi connectivity index (χ1v) is 8.59. The Morgan fingerprint density at radius 3 is 2.43 bits per heavy atom. The second-order valence-corrected chi connectivity index (χ2v) is 6.75. The minimum Gasteiger partial charge on any atom is -0.207 e. The lowest BCUT2D eigenvalue weighted by Gasteiger charge is -2.38. The first kappa shape index (κ1) is 16.5. The van der Waals surface area contributed by atoms with Crippen molar-refractivity contribution in [2.75, 3.05) is 0 Å². The van der Waals surface area contributed by atoms with Crippen LogP contribution in [0.4, 0.5) is 8.78 Å². The van der Waals surface area contributed by atoms with Crippen molar-refractivity contribution in [3.63, 3.8) is 0 Å². The van der Waals surface area contributed by atoms with Crippen LogP contribution in [0.25, 0.3) is 0 Å². The molecule has 1 fully saturated rings. The van der Waals surface area contributed by atoms with E-state index in [1.165, 1.54) is 63.9 Å². The van der Waals surface area contributed by atoms with E-state index in [-0.39, 0.29) is 5.82 Å². The Balaban J connectivity index is 1.97. The Bertz CT molecular complexity index is 433. The summed E-state index contributed by atoms with van der Waals surface area (Å²) in [6.45, 7) is 2.24. The van der Waals surface area contributed by atoms with Gasteiger partial charge in [-0.3, -0.25) is 0 Å². The maximum absolute atomic E-state index is 13.8. The third-order valence-corrected chi connectivity index (χ3v) is 5.16. The molecular weight excluding hydrogens is 266 g/mol. The first-order valence-electron chi connectivity index (χ1n) is 8.59. The molecule has 2 heteroatoms. The molecule has 1 saturated carbocycles. The highest BCUT2D eigenvalue weighted by molar-refractivity contribution is 5.19. The molecular formula is C19H28F2. The number of hydrogen-bond acceptors (Lipinski definition) is 0. The average Bonchev–Trinajstić information content (AvgIpc) is 2.48. The predicted octanol–water partition coefficient (Wildman–Crippen LogP) is 6.43. The SMILES string of the molecule is CCCCCC1(CCc2ccc(F)cc2F)CCCCC1. The maximum Gasteiger partial charge on any atom is 0.129 e. The molecule has 0 bridgehead atoms. The van der Waals surface area contributed by atoms with Crippen molar-refractivity contribution in [2.24, 2.45) is 5.41 Å². The van der Waals surface area contributed by atoms with E-state index in [9.17, 15) is 8.78 Å². The molecule has 0 heterocycles. The van der Waals surface area contributed by atoms with Crippen LogP contribution >= 0.6 is 0 Å². The van der Waals surface area contributed by atoms with Gasteiger partial charge in [0.2, 0.25) is 0 Å². The average molecular weight is 294 g/mol. The van der Waals surface area contributed by atoms with E-state index in [0.29, 0.717) is 11.0 Å². The van der Waals surface area contributed by atoms with Crippen molar-refractivity contribution in [2.45, 2.75) is 77.6 Å². The fourth-order valence-electron chi connectivity index (χ4n) is 3.80. The van der Waals surface area contributed by atoms with Gasteiger partial charge in [0.15, 0.2) is 0 Å². The van der Waals surface area contributed by atoms with Crippen molar-refractivity contribution in [3.05, 3.63) is 35.4 Å². The van der Waals surface area contributed by atoms with E-state index < -0.39 is 5.82 Å². The molecule has 0 unspecified atom stereocenters. The lowest BCUT2D eigenvalue weighted by atomic mass is 9.68. The van der Waals surface area contributed by atoms with Crippen LogP contribution < -0.4 is 0 Å². The summed E-state index contributed by atoms with van der Waals surface area (Å²) in [6, 6.07) is 4.01. The summed E-state index contributed by atoms with van der Waals surface area (Å²) in [5, 5.41) is 0. The lowest BCUT2D eigenvalue weighted by molar-refractivity contribution is 0.152. The molecule has 0 radical (unpaired) electrons. The van der Waals surface area contributed by atoms with E-state index >= 15 is 0 Å². The molecule has 1 aromatic carbocycles. The standard InChI is InChI=1S/C19H28F2/c1-2-3-5-11-19(12-6-4-7-13-19)14-10-16-8-9-17(20)15-18(16)21/h8-9,15H,2-7,10-14H2,1H3. The van der Waals surface area contributed by atoms with Crippen LogP contribution in [0.5, 0.6) is 0 Å². The Hall–Kier alpha value is -0.920. The lowest BCUT2D eigenvalue weighted by Crippen LogP contribution is -2.25. The molecule has 21 heavy (non-hydrogen) atoms. The Labute approximate surface area is 128 Å². The van der Waals surface area contributed by atoms with Crippen LogP contribution in [0.3, 0.4) is 0 Å². The van der Waals surface area contributed by atoms with Gasteiger partial charge >= 0.3 is 0 Å². The predicted molar refractivity (Wildman–Crippen MR) is 84.3 cm³/mol. The molecule has 1 aromatic rings. The minimum atomic E-state index is -0.480. The molecule has 0 nitrogen and oxygen atoms in total. The molecule has 0 spiro atoms. The first-order chi connectivity index (χ1) is 10.2. The molecule has 1 aliphatic rings. The molecule has 0 amide bonds. The van der Waals surface area contributed by atoms with Crippen LogP contribution in [0.1, 0.15) is 76.7 Å². The zero-order valence-corrected chi connectivity index (χ0v) is 13.3. The number of benzene rings is 1. The number of aryl methyl sites for hydroxylation is 1. The largest absolute Gasteiger partial charge is 0.207 e. The maximum atomic E-state index is 13.8. The van der Waals surface area contributed by atoms with Gasteiger partial charge in [-0.25, -0.2) is 8.78 Å². The molecule has 0 saturated heterocycles. The van der Waals surface area contributed by atoms with Crippen LogP contribution in [-0.2, 0) is 6.42 Å². The second kappa shape index (κ2) is 7.91. The summed E-state index contributed by atoms with van der Waals surface area (Å²) >= 11 is 0. The molecule has 118 valence electrons. The molecule has 2 rings (SSSR count). The van der Waals surface area contributed by atoms with E-state index in [4.69, 9.17) is 0 Å². The normalized spacial score (nSPS) is 17.9. The zero-order chi connectivity index (χ0) is 15.1. The van der Waals surface area contributed by atoms with Gasteiger partial charge in [0.05, 0.1) is 0 Å².